The van der Waals surface area contributed by atoms with E-state index in [1.54, 1.807) is 0 Å². The lowest BCUT2D eigenvalue weighted by Gasteiger charge is -2.36. The van der Waals surface area contributed by atoms with Crippen LogP contribution in [0.15, 0.2) is 12.1 Å². The van der Waals surface area contributed by atoms with Crippen molar-refractivity contribution in [3.63, 3.8) is 0 Å². The largest absolute Gasteiger partial charge is 0.355 e. The predicted molar refractivity (Wildman–Crippen MR) is 80.6 cm³/mol. The van der Waals surface area contributed by atoms with Crippen LogP contribution in [0.1, 0.15) is 51.8 Å². The van der Waals surface area contributed by atoms with Gasteiger partial charge in [-0.2, -0.15) is 0 Å². The first kappa shape index (κ1) is 15.3. The molecule has 102 valence electrons. The molecule has 0 bridgehead atoms. The van der Waals surface area contributed by atoms with Crippen molar-refractivity contribution in [2.75, 3.05) is 11.9 Å². The van der Waals surface area contributed by atoms with Crippen LogP contribution in [0.2, 0.25) is 0 Å². The Hall–Kier alpha value is -0.760. The Balaban J connectivity index is 3.11. The van der Waals surface area contributed by atoms with Crippen LogP contribution in [-0.2, 0) is 12.3 Å². The molecule has 0 amide bonds. The lowest BCUT2D eigenvalue weighted by atomic mass is 10.00. The summed E-state index contributed by atoms with van der Waals surface area (Å²) in [6, 6.07) is 4.22. The Bertz CT molecular complexity index is 388. The number of aryl methyl sites for hydroxylation is 1. The molecule has 0 saturated carbocycles. The fraction of sp³-hybridized carbons (Fsp3) is 0.667. The minimum atomic E-state index is 0.113. The van der Waals surface area contributed by atoms with Gasteiger partial charge >= 0.3 is 0 Å². The number of aromatic nitrogens is 1. The maximum atomic E-state index is 5.98. The molecule has 3 heteroatoms. The van der Waals surface area contributed by atoms with Crippen LogP contribution in [0.4, 0.5) is 5.82 Å². The van der Waals surface area contributed by atoms with E-state index in [2.05, 4.69) is 51.8 Å². The van der Waals surface area contributed by atoms with Gasteiger partial charge in [0.1, 0.15) is 5.82 Å². The molecule has 1 rings (SSSR count). The summed E-state index contributed by atoms with van der Waals surface area (Å²) >= 11 is 5.98. The maximum absolute atomic E-state index is 5.98. The molecule has 1 heterocycles. The molecular weight excluding hydrogens is 244 g/mol. The molecule has 0 saturated heterocycles. The number of hydrogen-bond donors (Lipinski definition) is 0. The summed E-state index contributed by atoms with van der Waals surface area (Å²) in [5, 5.41) is 0. The second kappa shape index (κ2) is 6.42. The van der Waals surface area contributed by atoms with E-state index in [-0.39, 0.29) is 5.54 Å². The summed E-state index contributed by atoms with van der Waals surface area (Å²) in [7, 11) is 2.11. The predicted octanol–water partition coefficient (Wildman–Crippen LogP) is 4.40. The van der Waals surface area contributed by atoms with Crippen LogP contribution in [0.5, 0.6) is 0 Å². The van der Waals surface area contributed by atoms with E-state index in [4.69, 9.17) is 16.6 Å². The van der Waals surface area contributed by atoms with E-state index in [0.29, 0.717) is 5.88 Å². The van der Waals surface area contributed by atoms with Crippen molar-refractivity contribution in [1.82, 2.24) is 4.98 Å². The van der Waals surface area contributed by atoms with Crippen LogP contribution < -0.4 is 4.90 Å². The third kappa shape index (κ3) is 3.61. The van der Waals surface area contributed by atoms with Crippen LogP contribution in [0.3, 0.4) is 0 Å². The van der Waals surface area contributed by atoms with Gasteiger partial charge < -0.3 is 4.90 Å². The van der Waals surface area contributed by atoms with Gasteiger partial charge in [0.2, 0.25) is 0 Å². The SMILES string of the molecule is CCCc1cc(CCl)cc(N(C)C(C)(C)CC)n1. The Morgan fingerprint density at radius 1 is 1.28 bits per heavy atom. The molecule has 0 unspecified atom stereocenters. The zero-order chi connectivity index (χ0) is 13.8. The first-order chi connectivity index (χ1) is 8.44. The van der Waals surface area contributed by atoms with Gasteiger partial charge in [0.25, 0.3) is 0 Å². The first-order valence-electron chi connectivity index (χ1n) is 6.74. The van der Waals surface area contributed by atoms with Crippen molar-refractivity contribution in [3.05, 3.63) is 23.4 Å². The van der Waals surface area contributed by atoms with E-state index in [0.717, 1.165) is 36.3 Å². The molecule has 0 spiro atoms. The van der Waals surface area contributed by atoms with Crippen molar-refractivity contribution >= 4 is 17.4 Å². The zero-order valence-electron chi connectivity index (χ0n) is 12.3. The monoisotopic (exact) mass is 268 g/mol. The number of halogens is 1. The van der Waals surface area contributed by atoms with Crippen molar-refractivity contribution in [3.8, 4) is 0 Å². The highest BCUT2D eigenvalue weighted by Gasteiger charge is 2.22. The fourth-order valence-corrected chi connectivity index (χ4v) is 1.97. The third-order valence-electron chi connectivity index (χ3n) is 3.70. The molecule has 0 aliphatic rings. The number of nitrogens with zero attached hydrogens (tertiary/aromatic N) is 2. The van der Waals surface area contributed by atoms with Gasteiger partial charge in [-0.05, 0) is 44.4 Å². The normalized spacial score (nSPS) is 11.7. The van der Waals surface area contributed by atoms with Gasteiger partial charge in [0.05, 0.1) is 0 Å². The van der Waals surface area contributed by atoms with Gasteiger partial charge in [-0.15, -0.1) is 11.6 Å². The molecule has 18 heavy (non-hydrogen) atoms. The van der Waals surface area contributed by atoms with E-state index in [9.17, 15) is 0 Å². The number of anilines is 1. The molecule has 0 fully saturated rings. The average molecular weight is 269 g/mol. The lowest BCUT2D eigenvalue weighted by molar-refractivity contribution is 0.467. The van der Waals surface area contributed by atoms with Crippen LogP contribution in [0, 0.1) is 0 Å². The summed E-state index contributed by atoms with van der Waals surface area (Å²) in [6.45, 7) is 8.85. The van der Waals surface area contributed by atoms with Crippen molar-refractivity contribution < 1.29 is 0 Å². The molecule has 1 aromatic rings. The number of pyridine rings is 1. The van der Waals surface area contributed by atoms with Crippen LogP contribution in [0.25, 0.3) is 0 Å². The Morgan fingerprint density at radius 3 is 2.44 bits per heavy atom. The molecule has 0 N–H and O–H groups in total. The quantitative estimate of drug-likeness (QED) is 0.711. The maximum Gasteiger partial charge on any atom is 0.129 e. The summed E-state index contributed by atoms with van der Waals surface area (Å²) in [5.41, 5.74) is 2.41. The van der Waals surface area contributed by atoms with Gasteiger partial charge in [-0.25, -0.2) is 4.98 Å². The molecule has 2 nitrogen and oxygen atoms in total. The minimum Gasteiger partial charge on any atom is -0.355 e. The molecule has 1 aromatic heterocycles. The zero-order valence-corrected chi connectivity index (χ0v) is 13.0. The highest BCUT2D eigenvalue weighted by Crippen LogP contribution is 2.25. The van der Waals surface area contributed by atoms with Crippen molar-refractivity contribution in [2.24, 2.45) is 0 Å². The Labute approximate surface area is 116 Å². The summed E-state index contributed by atoms with van der Waals surface area (Å²) in [5.74, 6) is 1.58. The molecule has 0 aliphatic heterocycles. The first-order valence-corrected chi connectivity index (χ1v) is 7.27. The van der Waals surface area contributed by atoms with Gasteiger partial charge in [-0.3, -0.25) is 0 Å². The lowest BCUT2D eigenvalue weighted by Crippen LogP contribution is -2.41. The molecule has 0 atom stereocenters. The molecule has 0 aliphatic carbocycles. The van der Waals surface area contributed by atoms with Gasteiger partial charge in [-0.1, -0.05) is 20.3 Å². The van der Waals surface area contributed by atoms with E-state index >= 15 is 0 Å². The molecule has 0 aromatic carbocycles. The summed E-state index contributed by atoms with van der Waals surface area (Å²) in [4.78, 5) is 7.00. The Kier molecular flexibility index (Phi) is 5.46. The number of hydrogen-bond acceptors (Lipinski definition) is 2. The second-order valence-electron chi connectivity index (χ2n) is 5.43. The molecule has 0 radical (unpaired) electrons. The van der Waals surface area contributed by atoms with E-state index in [1.807, 2.05) is 0 Å². The Morgan fingerprint density at radius 2 is 1.94 bits per heavy atom. The topological polar surface area (TPSA) is 16.1 Å². The highest BCUT2D eigenvalue weighted by molar-refractivity contribution is 6.17. The second-order valence-corrected chi connectivity index (χ2v) is 5.70. The highest BCUT2D eigenvalue weighted by atomic mass is 35.5. The van der Waals surface area contributed by atoms with Gasteiger partial charge in [0.15, 0.2) is 0 Å². The van der Waals surface area contributed by atoms with E-state index in [1.165, 1.54) is 0 Å². The number of alkyl halides is 1. The summed E-state index contributed by atoms with van der Waals surface area (Å²) in [6.07, 6.45) is 3.20. The summed E-state index contributed by atoms with van der Waals surface area (Å²) < 4.78 is 0. The van der Waals surface area contributed by atoms with Gasteiger partial charge in [0, 0.05) is 24.2 Å². The minimum absolute atomic E-state index is 0.113. The van der Waals surface area contributed by atoms with Crippen molar-refractivity contribution in [2.45, 2.75) is 58.4 Å². The standard InChI is InChI=1S/C15H25ClN2/c1-6-8-13-9-12(11-16)10-14(17-13)18(5)15(3,4)7-2/h9-10H,6-8,11H2,1-5H3. The molecular formula is C15H25ClN2. The van der Waals surface area contributed by atoms with Crippen LogP contribution >= 0.6 is 11.6 Å². The number of rotatable bonds is 6. The average Bonchev–Trinajstić information content (AvgIpc) is 2.37. The third-order valence-corrected chi connectivity index (χ3v) is 4.01. The fourth-order valence-electron chi connectivity index (χ4n) is 1.81. The smallest absolute Gasteiger partial charge is 0.129 e. The van der Waals surface area contributed by atoms with Crippen molar-refractivity contribution in [1.29, 1.82) is 0 Å². The van der Waals surface area contributed by atoms with Crippen LogP contribution in [-0.4, -0.2) is 17.6 Å². The van der Waals surface area contributed by atoms with E-state index < -0.39 is 0 Å².